The number of nitrogens with zero attached hydrogens (tertiary/aromatic N) is 1. The molecule has 0 unspecified atom stereocenters. The van der Waals surface area contributed by atoms with Crippen LogP contribution in [0.3, 0.4) is 0 Å². The molecular formula is C27H30FN3O5. The highest BCUT2D eigenvalue weighted by Gasteiger charge is 2.39. The zero-order valence-corrected chi connectivity index (χ0v) is 20.2. The monoisotopic (exact) mass is 495 g/mol. The highest BCUT2D eigenvalue weighted by Crippen LogP contribution is 2.34. The number of nitrogens with one attached hydrogen (secondary N) is 2. The van der Waals surface area contributed by atoms with Crippen molar-refractivity contribution in [2.75, 3.05) is 19.0 Å². The molecule has 8 nitrogen and oxygen atoms in total. The third-order valence-electron chi connectivity index (χ3n) is 7.07. The van der Waals surface area contributed by atoms with E-state index in [4.69, 9.17) is 9.47 Å². The quantitative estimate of drug-likeness (QED) is 0.641. The van der Waals surface area contributed by atoms with Crippen LogP contribution in [-0.4, -0.2) is 54.5 Å². The predicted octanol–water partition coefficient (Wildman–Crippen LogP) is 3.26. The summed E-state index contributed by atoms with van der Waals surface area (Å²) >= 11 is 0. The molecule has 190 valence electrons. The molecule has 2 aromatic rings. The minimum absolute atomic E-state index is 0.0211. The van der Waals surface area contributed by atoms with Crippen LogP contribution in [0.2, 0.25) is 0 Å². The number of benzene rings is 2. The number of hydrogen-bond donors (Lipinski definition) is 2. The van der Waals surface area contributed by atoms with Gasteiger partial charge in [-0.15, -0.1) is 0 Å². The van der Waals surface area contributed by atoms with E-state index in [0.29, 0.717) is 35.4 Å². The van der Waals surface area contributed by atoms with Gasteiger partial charge in [0.2, 0.25) is 11.8 Å². The van der Waals surface area contributed by atoms with Crippen molar-refractivity contribution in [3.8, 4) is 5.75 Å². The van der Waals surface area contributed by atoms with Crippen LogP contribution < -0.4 is 15.4 Å². The first-order valence-corrected chi connectivity index (χ1v) is 12.4. The summed E-state index contributed by atoms with van der Waals surface area (Å²) in [6, 6.07) is 11.2. The van der Waals surface area contributed by atoms with Crippen LogP contribution in [-0.2, 0) is 20.9 Å². The van der Waals surface area contributed by atoms with E-state index < -0.39 is 0 Å². The molecule has 3 atom stereocenters. The summed E-state index contributed by atoms with van der Waals surface area (Å²) in [7, 11) is 1.75. The molecule has 1 saturated heterocycles. The molecule has 9 heteroatoms. The Labute approximate surface area is 209 Å². The average molecular weight is 496 g/mol. The van der Waals surface area contributed by atoms with Gasteiger partial charge >= 0.3 is 0 Å². The summed E-state index contributed by atoms with van der Waals surface area (Å²) in [5.74, 6) is -0.297. The van der Waals surface area contributed by atoms with Gasteiger partial charge in [0.15, 0.2) is 0 Å². The van der Waals surface area contributed by atoms with Gasteiger partial charge in [0.25, 0.3) is 5.91 Å². The molecule has 0 radical (unpaired) electrons. The highest BCUT2D eigenvalue weighted by molar-refractivity contribution is 6.00. The van der Waals surface area contributed by atoms with Crippen LogP contribution in [0, 0.1) is 11.7 Å². The molecule has 36 heavy (non-hydrogen) atoms. The van der Waals surface area contributed by atoms with Crippen molar-refractivity contribution in [3.63, 3.8) is 0 Å². The number of carbonyl (C=O) groups excluding carboxylic acids is 3. The lowest BCUT2D eigenvalue weighted by Gasteiger charge is -2.42. The third-order valence-corrected chi connectivity index (χ3v) is 7.07. The molecule has 2 heterocycles. The van der Waals surface area contributed by atoms with Crippen LogP contribution in [0.5, 0.6) is 5.75 Å². The van der Waals surface area contributed by atoms with Gasteiger partial charge in [0.1, 0.15) is 24.3 Å². The molecule has 3 amide bonds. The fourth-order valence-corrected chi connectivity index (χ4v) is 4.81. The Morgan fingerprint density at radius 3 is 2.69 bits per heavy atom. The van der Waals surface area contributed by atoms with Gasteiger partial charge in [0, 0.05) is 30.8 Å². The summed E-state index contributed by atoms with van der Waals surface area (Å²) in [4.78, 5) is 39.6. The molecular weight excluding hydrogens is 465 g/mol. The number of rotatable bonds is 6. The van der Waals surface area contributed by atoms with Crippen molar-refractivity contribution in [2.24, 2.45) is 5.92 Å². The molecule has 2 N–H and O–H groups in total. The summed E-state index contributed by atoms with van der Waals surface area (Å²) < 4.78 is 26.0. The summed E-state index contributed by atoms with van der Waals surface area (Å²) in [6.45, 7) is 0.348. The maximum absolute atomic E-state index is 13.8. The van der Waals surface area contributed by atoms with Gasteiger partial charge in [-0.25, -0.2) is 4.39 Å². The van der Waals surface area contributed by atoms with Gasteiger partial charge in [-0.1, -0.05) is 18.2 Å². The second kappa shape index (κ2) is 10.3. The number of carbonyl (C=O) groups is 3. The minimum atomic E-state index is -0.389. The van der Waals surface area contributed by atoms with Crippen LogP contribution in [0.25, 0.3) is 0 Å². The normalized spacial score (nSPS) is 23.4. The Hall–Kier alpha value is -3.46. The van der Waals surface area contributed by atoms with E-state index in [0.717, 1.165) is 12.8 Å². The molecule has 0 aromatic heterocycles. The molecule has 3 aliphatic rings. The molecule has 5 rings (SSSR count). The van der Waals surface area contributed by atoms with E-state index in [1.54, 1.807) is 48.3 Å². The second-order valence-corrected chi connectivity index (χ2v) is 9.72. The molecule has 1 saturated carbocycles. The lowest BCUT2D eigenvalue weighted by atomic mass is 9.94. The Morgan fingerprint density at radius 2 is 1.92 bits per heavy atom. The first kappa shape index (κ1) is 24.2. The van der Waals surface area contributed by atoms with E-state index in [-0.39, 0.29) is 67.3 Å². The lowest BCUT2D eigenvalue weighted by molar-refractivity contribution is -0.134. The van der Waals surface area contributed by atoms with Crippen molar-refractivity contribution >= 4 is 23.4 Å². The van der Waals surface area contributed by atoms with Crippen LogP contribution in [0.1, 0.15) is 48.0 Å². The maximum Gasteiger partial charge on any atom is 0.257 e. The van der Waals surface area contributed by atoms with Crippen molar-refractivity contribution < 1.29 is 28.2 Å². The van der Waals surface area contributed by atoms with E-state index in [1.807, 2.05) is 0 Å². The Kier molecular flexibility index (Phi) is 6.91. The predicted molar refractivity (Wildman–Crippen MR) is 130 cm³/mol. The number of ether oxygens (including phenoxy) is 2. The number of amides is 3. The SMILES string of the molecule is CN1C(=O)c2cc(NC(=O)C3CC3)ccc2OC[C@H]2O[C@H](CC(=O)NCc3ccccc3F)CC[C@H]21. The van der Waals surface area contributed by atoms with Crippen molar-refractivity contribution in [1.82, 2.24) is 10.2 Å². The van der Waals surface area contributed by atoms with Crippen molar-refractivity contribution in [3.05, 3.63) is 59.4 Å². The van der Waals surface area contributed by atoms with Gasteiger partial charge in [-0.05, 0) is 49.9 Å². The topological polar surface area (TPSA) is 97.0 Å². The minimum Gasteiger partial charge on any atom is -0.490 e. The molecule has 2 aromatic carbocycles. The zero-order chi connectivity index (χ0) is 25.2. The highest BCUT2D eigenvalue weighted by atomic mass is 19.1. The standard InChI is InChI=1S/C27H30FN3O5/c1-31-22-10-9-19(13-25(32)29-14-17-4-2-3-5-21(17)28)36-24(22)15-35-23-11-8-18(12-20(23)27(31)34)30-26(33)16-6-7-16/h2-5,8,11-12,16,19,22,24H,6-7,9-10,13-15H2,1H3,(H,29,32)(H,30,33)/t19-,22+,24+/m0/s1. The van der Waals surface area contributed by atoms with Crippen molar-refractivity contribution in [1.29, 1.82) is 0 Å². The zero-order valence-electron chi connectivity index (χ0n) is 20.2. The van der Waals surface area contributed by atoms with Gasteiger partial charge in [-0.2, -0.15) is 0 Å². The number of anilines is 1. The first-order chi connectivity index (χ1) is 17.4. The van der Waals surface area contributed by atoms with Crippen molar-refractivity contribution in [2.45, 2.75) is 56.9 Å². The van der Waals surface area contributed by atoms with Gasteiger partial charge < -0.3 is 25.0 Å². The fraction of sp³-hybridized carbons (Fsp3) is 0.444. The Balaban J connectivity index is 1.21. The maximum atomic E-state index is 13.8. The van der Waals surface area contributed by atoms with E-state index in [2.05, 4.69) is 10.6 Å². The number of fused-ring (bicyclic) bond motifs is 2. The first-order valence-electron chi connectivity index (χ1n) is 12.4. The lowest BCUT2D eigenvalue weighted by Crippen LogP contribution is -2.53. The summed E-state index contributed by atoms with van der Waals surface area (Å²) in [6.07, 6.45) is 2.51. The van der Waals surface area contributed by atoms with Gasteiger partial charge in [0.05, 0.1) is 24.1 Å². The Morgan fingerprint density at radius 1 is 1.11 bits per heavy atom. The summed E-state index contributed by atoms with van der Waals surface area (Å²) in [5.41, 5.74) is 1.41. The van der Waals surface area contributed by atoms with Crippen LogP contribution in [0.4, 0.5) is 10.1 Å². The number of halogens is 1. The van der Waals surface area contributed by atoms with E-state index >= 15 is 0 Å². The van der Waals surface area contributed by atoms with E-state index in [9.17, 15) is 18.8 Å². The summed E-state index contributed by atoms with van der Waals surface area (Å²) in [5, 5.41) is 5.64. The van der Waals surface area contributed by atoms with E-state index in [1.165, 1.54) is 6.07 Å². The number of hydrogen-bond acceptors (Lipinski definition) is 5. The fourth-order valence-electron chi connectivity index (χ4n) is 4.81. The van der Waals surface area contributed by atoms with Crippen LogP contribution >= 0.6 is 0 Å². The largest absolute Gasteiger partial charge is 0.490 e. The average Bonchev–Trinajstić information content (AvgIpc) is 3.72. The molecule has 1 aliphatic carbocycles. The Bertz CT molecular complexity index is 1170. The van der Waals surface area contributed by atoms with Crippen LogP contribution in [0.15, 0.2) is 42.5 Å². The number of likely N-dealkylation sites (N-methyl/N-ethyl adjacent to an activating group) is 1. The molecule has 2 fully saturated rings. The molecule has 0 spiro atoms. The smallest absolute Gasteiger partial charge is 0.257 e. The molecule has 2 aliphatic heterocycles. The third kappa shape index (κ3) is 5.36. The van der Waals surface area contributed by atoms with Gasteiger partial charge in [-0.3, -0.25) is 14.4 Å². The molecule has 0 bridgehead atoms. The second-order valence-electron chi connectivity index (χ2n) is 9.72.